The Hall–Kier alpha value is -1.35. The van der Waals surface area contributed by atoms with E-state index in [1.54, 1.807) is 0 Å². The second-order valence-corrected chi connectivity index (χ2v) is 6.14. The van der Waals surface area contributed by atoms with E-state index in [0.717, 1.165) is 31.8 Å². The Kier molecular flexibility index (Phi) is 4.36. The van der Waals surface area contributed by atoms with Crippen molar-refractivity contribution in [1.29, 1.82) is 0 Å². The first-order chi connectivity index (χ1) is 9.83. The third-order valence-corrected chi connectivity index (χ3v) is 4.72. The quantitative estimate of drug-likeness (QED) is 0.883. The van der Waals surface area contributed by atoms with Gasteiger partial charge in [-0.05, 0) is 29.9 Å². The van der Waals surface area contributed by atoms with E-state index in [0.29, 0.717) is 0 Å². The van der Waals surface area contributed by atoms with Gasteiger partial charge in [-0.25, -0.2) is 0 Å². The van der Waals surface area contributed by atoms with Crippen LogP contribution in [0.25, 0.3) is 0 Å². The summed E-state index contributed by atoms with van der Waals surface area (Å²) in [5.74, 6) is 1.01. The van der Waals surface area contributed by atoms with Gasteiger partial charge in [-0.2, -0.15) is 0 Å². The second kappa shape index (κ2) is 6.40. The van der Waals surface area contributed by atoms with Crippen molar-refractivity contribution in [1.82, 2.24) is 10.6 Å². The average molecular weight is 272 g/mol. The van der Waals surface area contributed by atoms with Crippen LogP contribution in [0, 0.1) is 5.92 Å². The molecule has 1 aromatic rings. The molecule has 0 unspecified atom stereocenters. The van der Waals surface area contributed by atoms with Gasteiger partial charge in [0.05, 0.1) is 6.04 Å². The number of hydrogen-bond acceptors (Lipinski definition) is 2. The second-order valence-electron chi connectivity index (χ2n) is 6.14. The first-order valence-corrected chi connectivity index (χ1v) is 7.91. The normalized spacial score (nSPS) is 22.5. The number of hydrogen-bond donors (Lipinski definition) is 2. The lowest BCUT2D eigenvalue weighted by atomic mass is 9.95. The van der Waals surface area contributed by atoms with E-state index in [1.807, 2.05) is 0 Å². The van der Waals surface area contributed by atoms with Crippen molar-refractivity contribution in [3.8, 4) is 0 Å². The Bertz CT molecular complexity index is 466. The summed E-state index contributed by atoms with van der Waals surface area (Å²) in [6.45, 7) is 1.64. The number of fused-ring (bicyclic) bond motifs is 1. The van der Waals surface area contributed by atoms with Gasteiger partial charge in [-0.1, -0.05) is 49.9 Å². The maximum atomic E-state index is 12.2. The molecule has 108 valence electrons. The molecule has 1 heterocycles. The number of amides is 1. The highest BCUT2D eigenvalue weighted by molar-refractivity contribution is 5.82. The molecule has 3 nitrogen and oxygen atoms in total. The number of carbonyl (C=O) groups excluding carboxylic acids is 1. The topological polar surface area (TPSA) is 41.1 Å². The third kappa shape index (κ3) is 3.21. The minimum Gasteiger partial charge on any atom is -0.355 e. The average Bonchev–Trinajstić information content (AvgIpc) is 3.00. The van der Waals surface area contributed by atoms with Crippen molar-refractivity contribution < 1.29 is 4.79 Å². The number of nitrogens with one attached hydrogen (secondary N) is 2. The molecule has 1 aliphatic heterocycles. The SMILES string of the molecule is O=C(NCCC1CCCC1)[C@H]1Cc2ccccc2CN1. The van der Waals surface area contributed by atoms with E-state index in [2.05, 4.69) is 34.9 Å². The van der Waals surface area contributed by atoms with Crippen LogP contribution in [0.1, 0.15) is 43.2 Å². The first-order valence-electron chi connectivity index (χ1n) is 7.91. The van der Waals surface area contributed by atoms with Gasteiger partial charge in [-0.3, -0.25) is 4.79 Å². The molecule has 3 heteroatoms. The lowest BCUT2D eigenvalue weighted by Gasteiger charge is -2.25. The Balaban J connectivity index is 1.46. The summed E-state index contributed by atoms with van der Waals surface area (Å²) in [6.07, 6.45) is 7.41. The van der Waals surface area contributed by atoms with Crippen LogP contribution in [0.4, 0.5) is 0 Å². The molecule has 2 N–H and O–H groups in total. The maximum absolute atomic E-state index is 12.2. The van der Waals surface area contributed by atoms with Crippen LogP contribution in [-0.4, -0.2) is 18.5 Å². The fraction of sp³-hybridized carbons (Fsp3) is 0.588. The summed E-state index contributed by atoms with van der Waals surface area (Å²) in [4.78, 5) is 12.2. The zero-order valence-corrected chi connectivity index (χ0v) is 12.0. The van der Waals surface area contributed by atoms with Crippen molar-refractivity contribution in [2.24, 2.45) is 5.92 Å². The molecule has 3 rings (SSSR count). The summed E-state index contributed by atoms with van der Waals surface area (Å²) < 4.78 is 0. The summed E-state index contributed by atoms with van der Waals surface area (Å²) in [5.41, 5.74) is 2.63. The molecule has 0 saturated heterocycles. The molecule has 0 radical (unpaired) electrons. The maximum Gasteiger partial charge on any atom is 0.237 e. The number of carbonyl (C=O) groups is 1. The summed E-state index contributed by atoms with van der Waals surface area (Å²) in [5, 5.41) is 6.45. The fourth-order valence-corrected chi connectivity index (χ4v) is 3.46. The third-order valence-electron chi connectivity index (χ3n) is 4.72. The lowest BCUT2D eigenvalue weighted by molar-refractivity contribution is -0.123. The summed E-state index contributed by atoms with van der Waals surface area (Å²) >= 11 is 0. The first kappa shape index (κ1) is 13.6. The van der Waals surface area contributed by atoms with Crippen LogP contribution in [0.5, 0.6) is 0 Å². The minimum absolute atomic E-state index is 0.0616. The molecular formula is C17H24N2O. The van der Waals surface area contributed by atoms with Gasteiger partial charge in [0.1, 0.15) is 0 Å². The molecule has 1 saturated carbocycles. The molecule has 1 amide bonds. The van der Waals surface area contributed by atoms with Gasteiger partial charge in [-0.15, -0.1) is 0 Å². The Morgan fingerprint density at radius 1 is 1.20 bits per heavy atom. The molecule has 0 aromatic heterocycles. The Morgan fingerprint density at radius 2 is 1.95 bits per heavy atom. The molecule has 0 spiro atoms. The van der Waals surface area contributed by atoms with Crippen LogP contribution in [0.3, 0.4) is 0 Å². The zero-order valence-electron chi connectivity index (χ0n) is 12.0. The monoisotopic (exact) mass is 272 g/mol. The molecule has 1 fully saturated rings. The molecule has 1 atom stereocenters. The van der Waals surface area contributed by atoms with Crippen molar-refractivity contribution in [2.75, 3.05) is 6.54 Å². The molecular weight excluding hydrogens is 248 g/mol. The van der Waals surface area contributed by atoms with Gasteiger partial charge in [0.15, 0.2) is 0 Å². The smallest absolute Gasteiger partial charge is 0.237 e. The molecule has 0 bridgehead atoms. The van der Waals surface area contributed by atoms with E-state index in [-0.39, 0.29) is 11.9 Å². The summed E-state index contributed by atoms with van der Waals surface area (Å²) in [7, 11) is 0. The molecule has 20 heavy (non-hydrogen) atoms. The lowest BCUT2D eigenvalue weighted by Crippen LogP contribution is -2.47. The van der Waals surface area contributed by atoms with Crippen molar-refractivity contribution in [3.63, 3.8) is 0 Å². The van der Waals surface area contributed by atoms with Crippen molar-refractivity contribution >= 4 is 5.91 Å². The van der Waals surface area contributed by atoms with Crippen LogP contribution < -0.4 is 10.6 Å². The van der Waals surface area contributed by atoms with Crippen LogP contribution in [0.2, 0.25) is 0 Å². The van der Waals surface area contributed by atoms with Gasteiger partial charge in [0, 0.05) is 13.1 Å². The number of rotatable bonds is 4. The van der Waals surface area contributed by atoms with Crippen molar-refractivity contribution in [2.45, 2.75) is 51.1 Å². The Labute approximate surface area is 121 Å². The van der Waals surface area contributed by atoms with Gasteiger partial charge >= 0.3 is 0 Å². The minimum atomic E-state index is -0.0616. The van der Waals surface area contributed by atoms with Crippen LogP contribution in [-0.2, 0) is 17.8 Å². The van der Waals surface area contributed by atoms with Crippen molar-refractivity contribution in [3.05, 3.63) is 35.4 Å². The summed E-state index contributed by atoms with van der Waals surface area (Å²) in [6, 6.07) is 8.32. The van der Waals surface area contributed by atoms with E-state index < -0.39 is 0 Å². The predicted molar refractivity (Wildman–Crippen MR) is 80.4 cm³/mol. The van der Waals surface area contributed by atoms with E-state index >= 15 is 0 Å². The standard InChI is InChI=1S/C17H24N2O/c20-17(18-10-9-13-5-1-2-6-13)16-11-14-7-3-4-8-15(14)12-19-16/h3-4,7-8,13,16,19H,1-2,5-6,9-12H2,(H,18,20)/t16-/m1/s1. The Morgan fingerprint density at radius 3 is 2.75 bits per heavy atom. The van der Waals surface area contributed by atoms with Crippen LogP contribution in [0.15, 0.2) is 24.3 Å². The predicted octanol–water partition coefficient (Wildman–Crippen LogP) is 2.40. The molecule has 2 aliphatic rings. The highest BCUT2D eigenvalue weighted by atomic mass is 16.2. The van der Waals surface area contributed by atoms with Gasteiger partial charge in [0.25, 0.3) is 0 Å². The zero-order chi connectivity index (χ0) is 13.8. The van der Waals surface area contributed by atoms with E-state index in [4.69, 9.17) is 0 Å². The molecule has 1 aromatic carbocycles. The van der Waals surface area contributed by atoms with Gasteiger partial charge in [0.2, 0.25) is 5.91 Å². The largest absolute Gasteiger partial charge is 0.355 e. The van der Waals surface area contributed by atoms with E-state index in [9.17, 15) is 4.79 Å². The molecule has 1 aliphatic carbocycles. The van der Waals surface area contributed by atoms with Gasteiger partial charge < -0.3 is 10.6 Å². The van der Waals surface area contributed by atoms with Crippen LogP contribution >= 0.6 is 0 Å². The van der Waals surface area contributed by atoms with E-state index in [1.165, 1.54) is 36.8 Å². The highest BCUT2D eigenvalue weighted by Gasteiger charge is 2.23. The fourth-order valence-electron chi connectivity index (χ4n) is 3.46. The number of benzene rings is 1. The highest BCUT2D eigenvalue weighted by Crippen LogP contribution is 2.26.